The maximum Gasteiger partial charge on any atom is 0.317 e. The summed E-state index contributed by atoms with van der Waals surface area (Å²) in [6.45, 7) is 9.36. The standard InChI is InChI=1S/C21H31N3O3/c1-15(2)20(25)23-10-4-5-17(12-23)11-22-21(26)24-13-19(14-24)27-18-8-6-16(3)7-9-18/h6-9,15,17,19H,4-5,10-14H2,1-3H3,(H,22,26)/t17-/m1/s1. The first-order valence-corrected chi connectivity index (χ1v) is 9.97. The molecule has 148 valence electrons. The Morgan fingerprint density at radius 3 is 2.52 bits per heavy atom. The van der Waals surface area contributed by atoms with Gasteiger partial charge in [0.05, 0.1) is 13.1 Å². The van der Waals surface area contributed by atoms with E-state index in [0.29, 0.717) is 25.6 Å². The molecule has 6 heteroatoms. The summed E-state index contributed by atoms with van der Waals surface area (Å²) < 4.78 is 5.88. The molecule has 1 N–H and O–H groups in total. The fourth-order valence-electron chi connectivity index (χ4n) is 3.63. The largest absolute Gasteiger partial charge is 0.487 e. The number of hydrogen-bond donors (Lipinski definition) is 1. The zero-order valence-electron chi connectivity index (χ0n) is 16.6. The van der Waals surface area contributed by atoms with Gasteiger partial charge in [0.25, 0.3) is 0 Å². The van der Waals surface area contributed by atoms with Gasteiger partial charge in [0, 0.05) is 25.6 Å². The van der Waals surface area contributed by atoms with Gasteiger partial charge in [-0.3, -0.25) is 4.79 Å². The SMILES string of the molecule is Cc1ccc(OC2CN(C(=O)NC[C@H]3CCCN(C(=O)C(C)C)C3)C2)cc1. The summed E-state index contributed by atoms with van der Waals surface area (Å²) in [6, 6.07) is 7.94. The third-order valence-corrected chi connectivity index (χ3v) is 5.33. The summed E-state index contributed by atoms with van der Waals surface area (Å²) in [7, 11) is 0. The van der Waals surface area contributed by atoms with Crippen molar-refractivity contribution in [3.8, 4) is 5.75 Å². The zero-order valence-corrected chi connectivity index (χ0v) is 16.6. The number of rotatable bonds is 5. The van der Waals surface area contributed by atoms with Crippen molar-refractivity contribution in [1.82, 2.24) is 15.1 Å². The molecule has 0 radical (unpaired) electrons. The first kappa shape index (κ1) is 19.5. The Hall–Kier alpha value is -2.24. The van der Waals surface area contributed by atoms with Crippen molar-refractivity contribution >= 4 is 11.9 Å². The molecule has 0 saturated carbocycles. The molecule has 3 amide bonds. The van der Waals surface area contributed by atoms with Gasteiger partial charge in [0.1, 0.15) is 11.9 Å². The van der Waals surface area contributed by atoms with Crippen molar-refractivity contribution in [3.63, 3.8) is 0 Å². The average molecular weight is 373 g/mol. The highest BCUT2D eigenvalue weighted by atomic mass is 16.5. The van der Waals surface area contributed by atoms with Gasteiger partial charge in [-0.05, 0) is 37.8 Å². The van der Waals surface area contributed by atoms with Crippen LogP contribution in [-0.4, -0.2) is 60.6 Å². The monoisotopic (exact) mass is 373 g/mol. The van der Waals surface area contributed by atoms with Crippen molar-refractivity contribution < 1.29 is 14.3 Å². The van der Waals surface area contributed by atoms with Crippen LogP contribution in [0.25, 0.3) is 0 Å². The predicted molar refractivity (Wildman–Crippen MR) is 105 cm³/mol. The fourth-order valence-corrected chi connectivity index (χ4v) is 3.63. The second-order valence-corrected chi connectivity index (χ2v) is 8.09. The van der Waals surface area contributed by atoms with E-state index in [1.165, 1.54) is 5.56 Å². The molecular weight excluding hydrogens is 342 g/mol. The summed E-state index contributed by atoms with van der Waals surface area (Å²) in [6.07, 6.45) is 2.13. The highest BCUT2D eigenvalue weighted by molar-refractivity contribution is 5.78. The number of piperidine rings is 1. The van der Waals surface area contributed by atoms with Crippen LogP contribution in [-0.2, 0) is 4.79 Å². The molecule has 0 spiro atoms. The van der Waals surface area contributed by atoms with Crippen LogP contribution in [0, 0.1) is 18.8 Å². The van der Waals surface area contributed by atoms with Gasteiger partial charge in [0.2, 0.25) is 5.91 Å². The van der Waals surface area contributed by atoms with Crippen LogP contribution < -0.4 is 10.1 Å². The maximum atomic E-state index is 12.3. The first-order chi connectivity index (χ1) is 12.9. The van der Waals surface area contributed by atoms with Crippen molar-refractivity contribution in [1.29, 1.82) is 0 Å². The molecule has 27 heavy (non-hydrogen) atoms. The number of hydrogen-bond acceptors (Lipinski definition) is 3. The minimum Gasteiger partial charge on any atom is -0.487 e. The van der Waals surface area contributed by atoms with E-state index in [0.717, 1.165) is 31.7 Å². The Labute approximate surface area is 161 Å². The minimum atomic E-state index is -0.0361. The quantitative estimate of drug-likeness (QED) is 0.863. The first-order valence-electron chi connectivity index (χ1n) is 9.97. The summed E-state index contributed by atoms with van der Waals surface area (Å²) in [5.74, 6) is 1.43. The van der Waals surface area contributed by atoms with Gasteiger partial charge in [-0.1, -0.05) is 31.5 Å². The van der Waals surface area contributed by atoms with E-state index in [4.69, 9.17) is 4.74 Å². The number of nitrogens with one attached hydrogen (secondary N) is 1. The Kier molecular flexibility index (Phi) is 6.24. The van der Waals surface area contributed by atoms with Gasteiger partial charge in [-0.25, -0.2) is 4.79 Å². The topological polar surface area (TPSA) is 61.9 Å². The Balaban J connectivity index is 1.36. The summed E-state index contributed by atoms with van der Waals surface area (Å²) in [4.78, 5) is 28.2. The molecular formula is C21H31N3O3. The van der Waals surface area contributed by atoms with E-state index < -0.39 is 0 Å². The van der Waals surface area contributed by atoms with Crippen LogP contribution >= 0.6 is 0 Å². The Bertz CT molecular complexity index is 653. The average Bonchev–Trinajstić information content (AvgIpc) is 2.63. The summed E-state index contributed by atoms with van der Waals surface area (Å²) in [5, 5.41) is 3.03. The molecule has 1 aromatic carbocycles. The van der Waals surface area contributed by atoms with Crippen LogP contribution in [0.4, 0.5) is 4.79 Å². The number of ether oxygens (including phenoxy) is 1. The molecule has 2 aliphatic rings. The highest BCUT2D eigenvalue weighted by Gasteiger charge is 2.33. The lowest BCUT2D eigenvalue weighted by Gasteiger charge is -2.39. The second kappa shape index (κ2) is 8.63. The molecule has 2 saturated heterocycles. The van der Waals surface area contributed by atoms with Crippen LogP contribution in [0.3, 0.4) is 0 Å². The highest BCUT2D eigenvalue weighted by Crippen LogP contribution is 2.20. The van der Waals surface area contributed by atoms with E-state index in [-0.39, 0.29) is 24.0 Å². The van der Waals surface area contributed by atoms with E-state index in [1.54, 1.807) is 4.90 Å². The second-order valence-electron chi connectivity index (χ2n) is 8.09. The summed E-state index contributed by atoms with van der Waals surface area (Å²) in [5.41, 5.74) is 1.20. The number of urea groups is 1. The lowest BCUT2D eigenvalue weighted by Crippen LogP contribution is -2.59. The summed E-state index contributed by atoms with van der Waals surface area (Å²) >= 11 is 0. The van der Waals surface area contributed by atoms with Crippen molar-refractivity contribution in [2.45, 2.75) is 39.7 Å². The molecule has 2 heterocycles. The van der Waals surface area contributed by atoms with E-state index >= 15 is 0 Å². The van der Waals surface area contributed by atoms with E-state index in [9.17, 15) is 9.59 Å². The van der Waals surface area contributed by atoms with Crippen LogP contribution in [0.15, 0.2) is 24.3 Å². The van der Waals surface area contributed by atoms with Crippen LogP contribution in [0.1, 0.15) is 32.3 Å². The lowest BCUT2D eigenvalue weighted by molar-refractivity contribution is -0.136. The number of aryl methyl sites for hydroxylation is 1. The Morgan fingerprint density at radius 2 is 1.85 bits per heavy atom. The maximum absolute atomic E-state index is 12.3. The third kappa shape index (κ3) is 5.15. The molecule has 1 atom stereocenters. The van der Waals surface area contributed by atoms with Gasteiger partial charge in [-0.2, -0.15) is 0 Å². The number of amides is 3. The molecule has 0 aromatic heterocycles. The Morgan fingerprint density at radius 1 is 1.15 bits per heavy atom. The predicted octanol–water partition coefficient (Wildman–Crippen LogP) is 2.66. The number of carbonyl (C=O) groups is 2. The number of likely N-dealkylation sites (tertiary alicyclic amines) is 2. The number of carbonyl (C=O) groups excluding carboxylic acids is 2. The van der Waals surface area contributed by atoms with Gasteiger partial charge < -0.3 is 19.9 Å². The van der Waals surface area contributed by atoms with Crippen molar-refractivity contribution in [2.24, 2.45) is 11.8 Å². The zero-order chi connectivity index (χ0) is 19.4. The molecule has 0 bridgehead atoms. The fraction of sp³-hybridized carbons (Fsp3) is 0.619. The number of benzene rings is 1. The van der Waals surface area contributed by atoms with Crippen LogP contribution in [0.2, 0.25) is 0 Å². The van der Waals surface area contributed by atoms with Crippen LogP contribution in [0.5, 0.6) is 5.75 Å². The third-order valence-electron chi connectivity index (χ3n) is 5.33. The number of nitrogens with zero attached hydrogens (tertiary/aromatic N) is 2. The van der Waals surface area contributed by atoms with Gasteiger partial charge in [-0.15, -0.1) is 0 Å². The molecule has 1 aromatic rings. The molecule has 0 unspecified atom stereocenters. The molecule has 3 rings (SSSR count). The van der Waals surface area contributed by atoms with Gasteiger partial charge in [0.15, 0.2) is 0 Å². The molecule has 6 nitrogen and oxygen atoms in total. The van der Waals surface area contributed by atoms with E-state index in [2.05, 4.69) is 5.32 Å². The molecule has 0 aliphatic carbocycles. The smallest absolute Gasteiger partial charge is 0.317 e. The lowest BCUT2D eigenvalue weighted by atomic mass is 9.97. The van der Waals surface area contributed by atoms with Gasteiger partial charge >= 0.3 is 6.03 Å². The normalized spacial score (nSPS) is 20.4. The van der Waals surface area contributed by atoms with Crippen molar-refractivity contribution in [2.75, 3.05) is 32.7 Å². The van der Waals surface area contributed by atoms with E-state index in [1.807, 2.05) is 49.9 Å². The molecule has 2 fully saturated rings. The molecule has 2 aliphatic heterocycles. The van der Waals surface area contributed by atoms with Crippen molar-refractivity contribution in [3.05, 3.63) is 29.8 Å². The minimum absolute atomic E-state index is 0.0323.